The van der Waals surface area contributed by atoms with E-state index in [0.29, 0.717) is 22.6 Å². The Morgan fingerprint density at radius 2 is 1.28 bits per heavy atom. The summed E-state index contributed by atoms with van der Waals surface area (Å²) in [4.78, 5) is 0. The van der Waals surface area contributed by atoms with Crippen LogP contribution in [0.5, 0.6) is 0 Å². The van der Waals surface area contributed by atoms with Crippen LogP contribution in [0.25, 0.3) is 11.6 Å². The molecule has 29 heavy (non-hydrogen) atoms. The van der Waals surface area contributed by atoms with E-state index in [1.165, 1.54) is 6.07 Å². The first-order chi connectivity index (χ1) is 13.6. The predicted molar refractivity (Wildman–Crippen MR) is 119 cm³/mol. The summed E-state index contributed by atoms with van der Waals surface area (Å²) in [5, 5.41) is 0. The lowest BCUT2D eigenvalue weighted by Gasteiger charge is -2.13. The molecule has 0 unspecified atom stereocenters. The fourth-order valence-electron chi connectivity index (χ4n) is 2.96. The molecule has 8 heteroatoms. The van der Waals surface area contributed by atoms with Crippen molar-refractivity contribution in [2.24, 2.45) is 0 Å². The number of rotatable bonds is 5. The topological polar surface area (TPSA) is 158 Å². The summed E-state index contributed by atoms with van der Waals surface area (Å²) in [6.45, 7) is 0. The standard InChI is InChI=1S/C21H22N4O3S/c22-17-5-1-13(2-6-17)19(14-3-7-18(23)8-4-14)10-15-9-16(12-29(26,27)28)21(25)11-20(15)24/h1-11H,12,22-25H2,(H,26,27,28). The molecule has 0 amide bonds. The predicted octanol–water partition coefficient (Wildman–Crippen LogP) is 2.99. The Bertz CT molecular complexity index is 1120. The number of anilines is 4. The van der Waals surface area contributed by atoms with Crippen molar-refractivity contribution in [3.63, 3.8) is 0 Å². The molecular weight excluding hydrogens is 388 g/mol. The Morgan fingerprint density at radius 1 is 0.793 bits per heavy atom. The quantitative estimate of drug-likeness (QED) is 0.246. The second-order valence-electron chi connectivity index (χ2n) is 6.71. The zero-order valence-electron chi connectivity index (χ0n) is 15.5. The van der Waals surface area contributed by atoms with Crippen molar-refractivity contribution in [3.05, 3.63) is 82.9 Å². The molecule has 0 aliphatic heterocycles. The van der Waals surface area contributed by atoms with Gasteiger partial charge in [-0.15, -0.1) is 0 Å². The summed E-state index contributed by atoms with van der Waals surface area (Å²) in [7, 11) is -4.24. The molecule has 7 nitrogen and oxygen atoms in total. The number of nitrogen functional groups attached to an aromatic ring is 4. The fraction of sp³-hybridized carbons (Fsp3) is 0.0476. The second kappa shape index (κ2) is 7.86. The Hall–Kier alpha value is -3.49. The maximum atomic E-state index is 11.3. The van der Waals surface area contributed by atoms with Gasteiger partial charge in [-0.3, -0.25) is 4.55 Å². The molecule has 150 valence electrons. The lowest BCUT2D eigenvalue weighted by atomic mass is 9.94. The Labute approximate surface area is 169 Å². The molecule has 0 fully saturated rings. The average molecular weight is 410 g/mol. The van der Waals surface area contributed by atoms with Crippen LogP contribution in [0.4, 0.5) is 22.7 Å². The van der Waals surface area contributed by atoms with Crippen molar-refractivity contribution in [3.8, 4) is 0 Å². The van der Waals surface area contributed by atoms with Gasteiger partial charge in [0.25, 0.3) is 10.1 Å². The lowest BCUT2D eigenvalue weighted by Crippen LogP contribution is -2.06. The SMILES string of the molecule is Nc1ccc(C(=Cc2cc(CS(=O)(=O)O)c(N)cc2N)c2ccc(N)cc2)cc1. The molecule has 0 aliphatic rings. The molecule has 0 saturated heterocycles. The van der Waals surface area contributed by atoms with Crippen LogP contribution in [0.2, 0.25) is 0 Å². The van der Waals surface area contributed by atoms with E-state index in [4.69, 9.17) is 22.9 Å². The Morgan fingerprint density at radius 3 is 1.72 bits per heavy atom. The first kappa shape index (κ1) is 20.2. The minimum absolute atomic E-state index is 0.193. The van der Waals surface area contributed by atoms with Crippen LogP contribution in [0.15, 0.2) is 60.7 Å². The molecule has 3 rings (SSSR count). The first-order valence-corrected chi connectivity index (χ1v) is 10.3. The fourth-order valence-corrected chi connectivity index (χ4v) is 3.60. The van der Waals surface area contributed by atoms with Crippen molar-refractivity contribution in [2.75, 3.05) is 22.9 Å². The molecule has 0 atom stereocenters. The number of benzene rings is 3. The van der Waals surface area contributed by atoms with E-state index < -0.39 is 15.9 Å². The number of nitrogens with two attached hydrogens (primary N) is 4. The van der Waals surface area contributed by atoms with Crippen molar-refractivity contribution >= 4 is 44.5 Å². The molecule has 0 radical (unpaired) electrons. The number of hydrogen-bond donors (Lipinski definition) is 5. The summed E-state index contributed by atoms with van der Waals surface area (Å²) in [6.07, 6.45) is 1.83. The van der Waals surface area contributed by atoms with Crippen LogP contribution in [0, 0.1) is 0 Å². The maximum Gasteiger partial charge on any atom is 0.269 e. The van der Waals surface area contributed by atoms with Crippen molar-refractivity contribution < 1.29 is 13.0 Å². The molecule has 3 aromatic rings. The molecule has 0 aromatic heterocycles. The van der Waals surface area contributed by atoms with Crippen LogP contribution in [0.3, 0.4) is 0 Å². The van der Waals surface area contributed by atoms with E-state index in [1.807, 2.05) is 30.3 Å². The number of hydrogen-bond acceptors (Lipinski definition) is 6. The van der Waals surface area contributed by atoms with Crippen LogP contribution in [-0.4, -0.2) is 13.0 Å². The van der Waals surface area contributed by atoms with Crippen LogP contribution in [-0.2, 0) is 15.9 Å². The van der Waals surface area contributed by atoms with Gasteiger partial charge < -0.3 is 22.9 Å². The highest BCUT2D eigenvalue weighted by atomic mass is 32.2. The lowest BCUT2D eigenvalue weighted by molar-refractivity contribution is 0.482. The van der Waals surface area contributed by atoms with E-state index in [0.717, 1.165) is 16.7 Å². The molecule has 0 aliphatic carbocycles. The van der Waals surface area contributed by atoms with Crippen LogP contribution in [0.1, 0.15) is 22.3 Å². The van der Waals surface area contributed by atoms with Gasteiger partial charge in [0.15, 0.2) is 0 Å². The Balaban J connectivity index is 2.18. The van der Waals surface area contributed by atoms with Gasteiger partial charge in [0.1, 0.15) is 5.75 Å². The van der Waals surface area contributed by atoms with E-state index in [9.17, 15) is 13.0 Å². The van der Waals surface area contributed by atoms with Gasteiger partial charge in [-0.2, -0.15) is 8.42 Å². The summed E-state index contributed by atoms with van der Waals surface area (Å²) in [5.41, 5.74) is 28.9. The van der Waals surface area contributed by atoms with Crippen LogP contribution < -0.4 is 22.9 Å². The summed E-state index contributed by atoms with van der Waals surface area (Å²) >= 11 is 0. The van der Waals surface area contributed by atoms with Crippen molar-refractivity contribution in [1.29, 1.82) is 0 Å². The first-order valence-electron chi connectivity index (χ1n) is 8.69. The van der Waals surface area contributed by atoms with Gasteiger partial charge in [0.2, 0.25) is 0 Å². The third kappa shape index (κ3) is 5.07. The van der Waals surface area contributed by atoms with Crippen LogP contribution >= 0.6 is 0 Å². The second-order valence-corrected chi connectivity index (χ2v) is 8.16. The molecule has 0 saturated carbocycles. The highest BCUT2D eigenvalue weighted by molar-refractivity contribution is 7.85. The summed E-state index contributed by atoms with van der Waals surface area (Å²) in [5.74, 6) is -0.598. The highest BCUT2D eigenvalue weighted by Crippen LogP contribution is 2.31. The third-order valence-corrected chi connectivity index (χ3v) is 5.10. The molecule has 9 N–H and O–H groups in total. The van der Waals surface area contributed by atoms with E-state index in [2.05, 4.69) is 0 Å². The molecular formula is C21H22N4O3S. The molecule has 0 spiro atoms. The normalized spacial score (nSPS) is 11.2. The van der Waals surface area contributed by atoms with Gasteiger partial charge in [-0.1, -0.05) is 24.3 Å². The summed E-state index contributed by atoms with van der Waals surface area (Å²) < 4.78 is 31.8. The van der Waals surface area contributed by atoms with Gasteiger partial charge >= 0.3 is 0 Å². The minimum atomic E-state index is -4.24. The zero-order chi connectivity index (χ0) is 21.2. The van der Waals surface area contributed by atoms with Gasteiger partial charge in [0.05, 0.1) is 0 Å². The third-order valence-electron chi connectivity index (χ3n) is 4.43. The van der Waals surface area contributed by atoms with Gasteiger partial charge in [-0.25, -0.2) is 0 Å². The van der Waals surface area contributed by atoms with Gasteiger partial charge in [0, 0.05) is 22.7 Å². The molecule has 0 bridgehead atoms. The largest absolute Gasteiger partial charge is 0.399 e. The molecule has 0 heterocycles. The highest BCUT2D eigenvalue weighted by Gasteiger charge is 2.13. The smallest absolute Gasteiger partial charge is 0.269 e. The van der Waals surface area contributed by atoms with Crippen molar-refractivity contribution in [2.45, 2.75) is 5.75 Å². The Kier molecular flexibility index (Phi) is 5.49. The average Bonchev–Trinajstić information content (AvgIpc) is 2.64. The van der Waals surface area contributed by atoms with E-state index in [1.54, 1.807) is 30.3 Å². The van der Waals surface area contributed by atoms with E-state index >= 15 is 0 Å². The minimum Gasteiger partial charge on any atom is -0.399 e. The maximum absolute atomic E-state index is 11.3. The van der Waals surface area contributed by atoms with E-state index in [-0.39, 0.29) is 11.3 Å². The summed E-state index contributed by atoms with van der Waals surface area (Å²) in [6, 6.07) is 17.7. The van der Waals surface area contributed by atoms with Gasteiger partial charge in [-0.05, 0) is 70.3 Å². The van der Waals surface area contributed by atoms with Crippen molar-refractivity contribution in [1.82, 2.24) is 0 Å². The monoisotopic (exact) mass is 410 g/mol. The molecule has 3 aromatic carbocycles. The zero-order valence-corrected chi connectivity index (χ0v) is 16.4.